The molecule has 0 spiro atoms. The molecule has 1 aliphatic heterocycles. The van der Waals surface area contributed by atoms with E-state index in [0.717, 1.165) is 21.3 Å². The number of rotatable bonds is 5. The molecule has 1 N–H and O–H groups in total. The molecule has 7 heteroatoms. The molecular weight excluding hydrogens is 515 g/mol. The summed E-state index contributed by atoms with van der Waals surface area (Å²) < 4.78 is 19.9. The lowest BCUT2D eigenvalue weighted by Gasteiger charge is -2.11. The van der Waals surface area contributed by atoms with E-state index in [4.69, 9.17) is 4.74 Å². The van der Waals surface area contributed by atoms with Crippen molar-refractivity contribution in [1.29, 1.82) is 0 Å². The summed E-state index contributed by atoms with van der Waals surface area (Å²) in [6.45, 7) is 0.446. The number of hydrogen-bond donors (Lipinski definition) is 1. The summed E-state index contributed by atoms with van der Waals surface area (Å²) >= 11 is 4.82. The van der Waals surface area contributed by atoms with Gasteiger partial charge in [0.2, 0.25) is 0 Å². The number of carbonyl (C=O) groups is 1. The zero-order valence-corrected chi connectivity index (χ0v) is 20.2. The number of halogens is 2. The van der Waals surface area contributed by atoms with Gasteiger partial charge in [-0.1, -0.05) is 48.5 Å². The third-order valence-corrected chi connectivity index (χ3v) is 6.75. The SMILES string of the molecule is O=C1NC(=Nc2ccc(F)cc2)S/C1=C/c1ccc(OCc2cccc3ccccc23)c(Br)c1. The fourth-order valence-corrected chi connectivity index (χ4v) is 4.92. The normalized spacial score (nSPS) is 15.8. The minimum atomic E-state index is -0.331. The fourth-order valence-electron chi connectivity index (χ4n) is 3.56. The van der Waals surface area contributed by atoms with Gasteiger partial charge in [0.25, 0.3) is 5.91 Å². The van der Waals surface area contributed by atoms with Crippen LogP contribution in [0.5, 0.6) is 5.75 Å². The van der Waals surface area contributed by atoms with Gasteiger partial charge in [-0.2, -0.15) is 0 Å². The third kappa shape index (κ3) is 5.05. The molecule has 5 rings (SSSR count). The van der Waals surface area contributed by atoms with Gasteiger partial charge in [-0.3, -0.25) is 4.79 Å². The average molecular weight is 533 g/mol. The molecule has 4 nitrogen and oxygen atoms in total. The Morgan fingerprint density at radius 2 is 1.79 bits per heavy atom. The first-order valence-electron chi connectivity index (χ1n) is 10.5. The molecule has 4 aromatic carbocycles. The van der Waals surface area contributed by atoms with E-state index >= 15 is 0 Å². The molecule has 0 bridgehead atoms. The molecule has 0 radical (unpaired) electrons. The lowest BCUT2D eigenvalue weighted by atomic mass is 10.1. The van der Waals surface area contributed by atoms with E-state index < -0.39 is 0 Å². The van der Waals surface area contributed by atoms with Crippen molar-refractivity contribution in [3.8, 4) is 5.75 Å². The summed E-state index contributed by atoms with van der Waals surface area (Å²) in [5, 5.41) is 5.55. The van der Waals surface area contributed by atoms with E-state index in [1.165, 1.54) is 34.7 Å². The highest BCUT2D eigenvalue weighted by Crippen LogP contribution is 2.32. The van der Waals surface area contributed by atoms with Crippen molar-refractivity contribution in [2.45, 2.75) is 6.61 Å². The molecule has 1 amide bonds. The Labute approximate surface area is 208 Å². The van der Waals surface area contributed by atoms with Crippen molar-refractivity contribution in [2.75, 3.05) is 0 Å². The average Bonchev–Trinajstić information content (AvgIpc) is 3.18. The standard InChI is InChI=1S/C27H18BrFN2O2S/c28-23-14-17(15-25-26(32)31-27(34-25)30-21-11-9-20(29)10-12-21)8-13-24(23)33-16-19-6-3-5-18-4-1-2-7-22(18)19/h1-15H,16H2,(H,30,31,32)/b25-15+. The van der Waals surface area contributed by atoms with Crippen molar-refractivity contribution in [3.63, 3.8) is 0 Å². The first kappa shape index (κ1) is 22.4. The van der Waals surface area contributed by atoms with E-state index in [0.29, 0.717) is 22.4 Å². The molecule has 1 saturated heterocycles. The van der Waals surface area contributed by atoms with Crippen molar-refractivity contribution in [3.05, 3.63) is 111 Å². The predicted octanol–water partition coefficient (Wildman–Crippen LogP) is 7.21. The van der Waals surface area contributed by atoms with E-state index in [2.05, 4.69) is 50.5 Å². The summed E-state index contributed by atoms with van der Waals surface area (Å²) in [5.41, 5.74) is 2.54. The van der Waals surface area contributed by atoms with Gasteiger partial charge in [-0.05, 0) is 92.1 Å². The van der Waals surface area contributed by atoms with E-state index in [1.807, 2.05) is 36.4 Å². The van der Waals surface area contributed by atoms with Crippen LogP contribution in [0.25, 0.3) is 16.8 Å². The number of carbonyl (C=O) groups excluding carboxylic acids is 1. The van der Waals surface area contributed by atoms with E-state index in [-0.39, 0.29) is 11.7 Å². The maximum atomic E-state index is 13.1. The van der Waals surface area contributed by atoms with Crippen molar-refractivity contribution >= 4 is 61.3 Å². The van der Waals surface area contributed by atoms with Gasteiger partial charge in [-0.25, -0.2) is 9.38 Å². The summed E-state index contributed by atoms with van der Waals surface area (Å²) in [6, 6.07) is 25.9. The summed E-state index contributed by atoms with van der Waals surface area (Å²) in [7, 11) is 0. The van der Waals surface area contributed by atoms with Gasteiger partial charge in [-0.15, -0.1) is 0 Å². The van der Waals surface area contributed by atoms with Gasteiger partial charge in [0.1, 0.15) is 18.2 Å². The second kappa shape index (κ2) is 9.83. The molecule has 0 aliphatic carbocycles. The molecule has 1 fully saturated rings. The smallest absolute Gasteiger partial charge is 0.264 e. The van der Waals surface area contributed by atoms with Crippen LogP contribution in [0.3, 0.4) is 0 Å². The Bertz CT molecular complexity index is 1450. The van der Waals surface area contributed by atoms with Crippen LogP contribution >= 0.6 is 27.7 Å². The lowest BCUT2D eigenvalue weighted by Crippen LogP contribution is -2.19. The molecule has 0 unspecified atom stereocenters. The Hall–Kier alpha value is -3.42. The molecule has 34 heavy (non-hydrogen) atoms. The number of ether oxygens (including phenoxy) is 1. The van der Waals surface area contributed by atoms with Crippen molar-refractivity contribution in [2.24, 2.45) is 4.99 Å². The maximum Gasteiger partial charge on any atom is 0.264 e. The van der Waals surface area contributed by atoms with E-state index in [9.17, 15) is 9.18 Å². The lowest BCUT2D eigenvalue weighted by molar-refractivity contribution is -0.115. The van der Waals surface area contributed by atoms with E-state index in [1.54, 1.807) is 18.2 Å². The second-order valence-corrected chi connectivity index (χ2v) is 9.46. The second-order valence-electron chi connectivity index (χ2n) is 7.57. The molecule has 1 aliphatic rings. The number of amidine groups is 1. The summed E-state index contributed by atoms with van der Waals surface area (Å²) in [6.07, 6.45) is 1.80. The van der Waals surface area contributed by atoms with Crippen molar-refractivity contribution < 1.29 is 13.9 Å². The molecule has 0 saturated carbocycles. The third-order valence-electron chi connectivity index (χ3n) is 5.22. The first-order chi connectivity index (χ1) is 16.5. The topological polar surface area (TPSA) is 50.7 Å². The van der Waals surface area contributed by atoms with Gasteiger partial charge < -0.3 is 10.1 Å². The highest BCUT2D eigenvalue weighted by Gasteiger charge is 2.24. The van der Waals surface area contributed by atoms with Crippen molar-refractivity contribution in [1.82, 2.24) is 5.32 Å². The van der Waals surface area contributed by atoms with Crippen LogP contribution in [0.15, 0.2) is 99.3 Å². The Morgan fingerprint density at radius 3 is 2.62 bits per heavy atom. The molecule has 1 heterocycles. The van der Waals surface area contributed by atoms with Crippen LogP contribution in [0.4, 0.5) is 10.1 Å². The highest BCUT2D eigenvalue weighted by atomic mass is 79.9. The number of aliphatic imine (C=N–C) groups is 1. The van der Waals surface area contributed by atoms with Gasteiger partial charge in [0, 0.05) is 0 Å². The number of nitrogens with one attached hydrogen (secondary N) is 1. The Kier molecular flexibility index (Phi) is 6.47. The van der Waals surface area contributed by atoms with Gasteiger partial charge in [0.05, 0.1) is 15.1 Å². The number of thioether (sulfide) groups is 1. The van der Waals surface area contributed by atoms with Crippen LogP contribution in [-0.4, -0.2) is 11.1 Å². The highest BCUT2D eigenvalue weighted by molar-refractivity contribution is 9.10. The fraction of sp³-hybridized carbons (Fsp3) is 0.0370. The van der Waals surface area contributed by atoms with Gasteiger partial charge >= 0.3 is 0 Å². The largest absolute Gasteiger partial charge is 0.488 e. The van der Waals surface area contributed by atoms with Crippen LogP contribution in [0.2, 0.25) is 0 Å². The predicted molar refractivity (Wildman–Crippen MR) is 140 cm³/mol. The zero-order valence-electron chi connectivity index (χ0n) is 17.8. The Balaban J connectivity index is 1.29. The van der Waals surface area contributed by atoms with Crippen LogP contribution in [-0.2, 0) is 11.4 Å². The molecular formula is C27H18BrFN2O2S. The molecule has 0 atom stereocenters. The van der Waals surface area contributed by atoms with Gasteiger partial charge in [0.15, 0.2) is 5.17 Å². The minimum Gasteiger partial charge on any atom is -0.488 e. The number of fused-ring (bicyclic) bond motifs is 1. The van der Waals surface area contributed by atoms with Crippen LogP contribution in [0.1, 0.15) is 11.1 Å². The first-order valence-corrected chi connectivity index (χ1v) is 12.1. The maximum absolute atomic E-state index is 13.1. The Morgan fingerprint density at radius 1 is 1.00 bits per heavy atom. The molecule has 0 aromatic heterocycles. The number of benzene rings is 4. The quantitative estimate of drug-likeness (QED) is 0.276. The number of hydrogen-bond acceptors (Lipinski definition) is 4. The minimum absolute atomic E-state index is 0.224. The van der Waals surface area contributed by atoms with Crippen LogP contribution < -0.4 is 10.1 Å². The monoisotopic (exact) mass is 532 g/mol. The van der Waals surface area contributed by atoms with Crippen LogP contribution in [0, 0.1) is 5.82 Å². The molecule has 168 valence electrons. The summed E-state index contributed by atoms with van der Waals surface area (Å²) in [4.78, 5) is 17.3. The number of amides is 1. The zero-order chi connectivity index (χ0) is 23.5. The number of nitrogens with zero attached hydrogens (tertiary/aromatic N) is 1. The molecule has 4 aromatic rings. The summed E-state index contributed by atoms with van der Waals surface area (Å²) in [5.74, 6) is 0.165.